The minimum atomic E-state index is -0.840. The standard InChI is InChI=1S/C29H35N3O4.C14H22N2O3.C10H13NO2/c1-21(2)36-29(34)24-11-7-12-25(19-24)30-28(33)26-20-27(23-9-5-4-6-10-23)32(22(26)3)14-8-13-31-15-17-35-18-16-31;1-11-10-13(14(17)18)12(2)16(11)5-3-4-15-6-8-19-9-7-15;1-7(2)13-10(12)8-4-3-5-9(11)6-8/h4-7,9-12,19-21H,8,13-18H2,1-3H3,(H,30,33);10H,3-9H2,1-2H3,(H,17,18);3-7H,11H2,1-2H3. The number of nitrogens with one attached hydrogen (secondary N) is 1. The molecule has 3 aromatic carbocycles. The number of aromatic nitrogens is 2. The topological polar surface area (TPSA) is 180 Å². The number of aromatic carboxylic acids is 1. The number of benzene rings is 3. The maximum Gasteiger partial charge on any atom is 0.338 e. The average Bonchev–Trinajstić information content (AvgIpc) is 3.81. The van der Waals surface area contributed by atoms with Crippen molar-refractivity contribution in [2.45, 2.75) is 86.6 Å². The lowest BCUT2D eigenvalue weighted by atomic mass is 10.1. The molecule has 15 heteroatoms. The van der Waals surface area contributed by atoms with Crippen LogP contribution in [-0.2, 0) is 32.0 Å². The van der Waals surface area contributed by atoms with E-state index in [1.807, 2.05) is 72.7 Å². The molecule has 5 aromatic rings. The van der Waals surface area contributed by atoms with Crippen LogP contribution in [0.5, 0.6) is 0 Å². The van der Waals surface area contributed by atoms with Crippen molar-refractivity contribution >= 4 is 35.2 Å². The number of rotatable bonds is 16. The number of carboxylic acid groups (broad SMARTS) is 1. The second-order valence-corrected chi connectivity index (χ2v) is 17.5. The molecule has 0 atom stereocenters. The van der Waals surface area contributed by atoms with Crippen molar-refractivity contribution in [3.05, 3.63) is 130 Å². The van der Waals surface area contributed by atoms with Gasteiger partial charge in [0.1, 0.15) is 0 Å². The Bertz CT molecular complexity index is 2410. The Morgan fingerprint density at radius 3 is 1.66 bits per heavy atom. The quantitative estimate of drug-likeness (QED) is 0.0637. The first-order valence-corrected chi connectivity index (χ1v) is 23.6. The number of nitrogens with zero attached hydrogens (tertiary/aromatic N) is 4. The van der Waals surface area contributed by atoms with E-state index in [0.717, 1.165) is 120 Å². The molecular formula is C53H70N6O9. The fourth-order valence-corrected chi connectivity index (χ4v) is 8.08. The van der Waals surface area contributed by atoms with Gasteiger partial charge in [0.2, 0.25) is 0 Å². The van der Waals surface area contributed by atoms with E-state index in [4.69, 9.17) is 29.8 Å². The highest BCUT2D eigenvalue weighted by Crippen LogP contribution is 2.28. The van der Waals surface area contributed by atoms with Crippen molar-refractivity contribution in [3.8, 4) is 11.3 Å². The van der Waals surface area contributed by atoms with Crippen LogP contribution in [0.15, 0.2) is 91.0 Å². The molecule has 2 aliphatic rings. The summed E-state index contributed by atoms with van der Waals surface area (Å²) in [6.45, 7) is 24.0. The second kappa shape index (κ2) is 26.3. The number of nitrogen functional groups attached to an aromatic ring is 1. The highest BCUT2D eigenvalue weighted by molar-refractivity contribution is 6.06. The third kappa shape index (κ3) is 15.9. The van der Waals surface area contributed by atoms with Gasteiger partial charge in [-0.15, -0.1) is 0 Å². The number of carboxylic acids is 1. The lowest BCUT2D eigenvalue weighted by molar-refractivity contribution is 0.0367. The van der Waals surface area contributed by atoms with Crippen LogP contribution >= 0.6 is 0 Å². The van der Waals surface area contributed by atoms with Gasteiger partial charge in [-0.05, 0) is 115 Å². The maximum atomic E-state index is 13.3. The molecule has 2 saturated heterocycles. The van der Waals surface area contributed by atoms with E-state index in [0.29, 0.717) is 33.6 Å². The largest absolute Gasteiger partial charge is 0.478 e. The third-order valence-electron chi connectivity index (χ3n) is 11.6. The van der Waals surface area contributed by atoms with Crippen LogP contribution in [0.25, 0.3) is 11.3 Å². The fourth-order valence-electron chi connectivity index (χ4n) is 8.08. The SMILES string of the molecule is CC(C)OC(=O)c1cccc(N)c1.Cc1c(C(=O)Nc2cccc(C(=O)OC(C)C)c2)cc(-c2ccccc2)n1CCCN1CCOCC1.Cc1cc(C(=O)O)c(C)n1CCCN1CCOCC1. The molecule has 0 unspecified atom stereocenters. The first-order valence-electron chi connectivity index (χ1n) is 23.6. The molecule has 15 nitrogen and oxygen atoms in total. The molecule has 0 saturated carbocycles. The molecule has 0 bridgehead atoms. The van der Waals surface area contributed by atoms with Gasteiger partial charge >= 0.3 is 17.9 Å². The van der Waals surface area contributed by atoms with Crippen molar-refractivity contribution < 1.29 is 43.2 Å². The molecule has 68 heavy (non-hydrogen) atoms. The van der Waals surface area contributed by atoms with Gasteiger partial charge in [0.05, 0.1) is 60.9 Å². The predicted octanol–water partition coefficient (Wildman–Crippen LogP) is 8.36. The van der Waals surface area contributed by atoms with E-state index in [1.54, 1.807) is 54.6 Å². The lowest BCUT2D eigenvalue weighted by Crippen LogP contribution is -2.37. The van der Waals surface area contributed by atoms with Crippen molar-refractivity contribution in [2.24, 2.45) is 0 Å². The number of carbonyl (C=O) groups is 4. The van der Waals surface area contributed by atoms with Crippen molar-refractivity contribution in [1.29, 1.82) is 0 Å². The normalized spacial score (nSPS) is 14.1. The zero-order chi connectivity index (χ0) is 49.2. The number of aryl methyl sites for hydroxylation is 1. The molecule has 2 aromatic heterocycles. The Hall–Kier alpha value is -6.26. The number of hydrogen-bond donors (Lipinski definition) is 3. The number of carbonyl (C=O) groups excluding carboxylic acids is 3. The lowest BCUT2D eigenvalue weighted by Gasteiger charge is -2.26. The van der Waals surface area contributed by atoms with E-state index >= 15 is 0 Å². The second-order valence-electron chi connectivity index (χ2n) is 17.5. The molecule has 1 amide bonds. The highest BCUT2D eigenvalue weighted by Gasteiger charge is 2.21. The summed E-state index contributed by atoms with van der Waals surface area (Å²) in [5.74, 6) is -1.78. The van der Waals surface area contributed by atoms with Gasteiger partial charge in [0, 0.05) is 86.5 Å². The maximum absolute atomic E-state index is 13.3. The van der Waals surface area contributed by atoms with Crippen LogP contribution in [0.1, 0.15) is 99.1 Å². The smallest absolute Gasteiger partial charge is 0.338 e. The predicted molar refractivity (Wildman–Crippen MR) is 266 cm³/mol. The van der Waals surface area contributed by atoms with Crippen LogP contribution < -0.4 is 11.1 Å². The van der Waals surface area contributed by atoms with E-state index in [-0.39, 0.29) is 24.1 Å². The molecule has 2 fully saturated rings. The van der Waals surface area contributed by atoms with Crippen LogP contribution in [0.3, 0.4) is 0 Å². The Labute approximate surface area is 401 Å². The summed E-state index contributed by atoms with van der Waals surface area (Å²) < 4.78 is 25.4. The van der Waals surface area contributed by atoms with Gasteiger partial charge < -0.3 is 44.2 Å². The summed E-state index contributed by atoms with van der Waals surface area (Å²) in [5.41, 5.74) is 13.5. The number of ether oxygens (including phenoxy) is 4. The van der Waals surface area contributed by atoms with E-state index in [1.165, 1.54) is 0 Å². The minimum absolute atomic E-state index is 0.103. The van der Waals surface area contributed by atoms with E-state index in [9.17, 15) is 19.2 Å². The first-order chi connectivity index (χ1) is 32.6. The molecule has 7 rings (SSSR count). The molecule has 2 aliphatic heterocycles. The Morgan fingerprint density at radius 1 is 0.632 bits per heavy atom. The molecule has 366 valence electrons. The van der Waals surface area contributed by atoms with Crippen molar-refractivity contribution in [1.82, 2.24) is 18.9 Å². The summed E-state index contributed by atoms with van der Waals surface area (Å²) in [6.07, 6.45) is 1.71. The Morgan fingerprint density at radius 2 is 1.15 bits per heavy atom. The minimum Gasteiger partial charge on any atom is -0.478 e. The fraction of sp³-hybridized carbons (Fsp3) is 0.434. The van der Waals surface area contributed by atoms with Gasteiger partial charge in [-0.1, -0.05) is 42.5 Å². The highest BCUT2D eigenvalue weighted by atomic mass is 16.5. The molecule has 4 N–H and O–H groups in total. The summed E-state index contributed by atoms with van der Waals surface area (Å²) >= 11 is 0. The summed E-state index contributed by atoms with van der Waals surface area (Å²) in [4.78, 5) is 52.9. The van der Waals surface area contributed by atoms with Crippen LogP contribution in [0.4, 0.5) is 11.4 Å². The molecule has 0 aliphatic carbocycles. The van der Waals surface area contributed by atoms with Crippen molar-refractivity contribution in [2.75, 3.05) is 76.7 Å². The van der Waals surface area contributed by atoms with Crippen LogP contribution in [0.2, 0.25) is 0 Å². The summed E-state index contributed by atoms with van der Waals surface area (Å²) in [6, 6.07) is 27.5. The van der Waals surface area contributed by atoms with E-state index in [2.05, 4.69) is 36.4 Å². The van der Waals surface area contributed by atoms with Gasteiger partial charge in [-0.25, -0.2) is 14.4 Å². The molecule has 4 heterocycles. The summed E-state index contributed by atoms with van der Waals surface area (Å²) in [7, 11) is 0. The van der Waals surface area contributed by atoms with Gasteiger partial charge in [-0.3, -0.25) is 14.6 Å². The zero-order valence-corrected chi connectivity index (χ0v) is 40.8. The van der Waals surface area contributed by atoms with Crippen LogP contribution in [0, 0.1) is 20.8 Å². The number of nitrogens with two attached hydrogens (primary N) is 1. The number of anilines is 2. The van der Waals surface area contributed by atoms with Gasteiger partial charge in [0.15, 0.2) is 0 Å². The van der Waals surface area contributed by atoms with Crippen molar-refractivity contribution in [3.63, 3.8) is 0 Å². The Kier molecular flexibility index (Phi) is 20.4. The number of amides is 1. The zero-order valence-electron chi connectivity index (χ0n) is 40.8. The van der Waals surface area contributed by atoms with Gasteiger partial charge in [-0.2, -0.15) is 0 Å². The third-order valence-corrected chi connectivity index (χ3v) is 11.6. The average molecular weight is 935 g/mol. The van der Waals surface area contributed by atoms with E-state index < -0.39 is 11.9 Å². The molecule has 0 spiro atoms. The number of morpholine rings is 2. The monoisotopic (exact) mass is 935 g/mol. The van der Waals surface area contributed by atoms with Gasteiger partial charge in [0.25, 0.3) is 5.91 Å². The molecule has 0 radical (unpaired) electrons. The first kappa shape index (κ1) is 52.7. The number of esters is 2. The number of hydrogen-bond acceptors (Lipinski definition) is 11. The summed E-state index contributed by atoms with van der Waals surface area (Å²) in [5, 5.41) is 12.1. The Balaban J connectivity index is 0.000000224. The van der Waals surface area contributed by atoms with Crippen LogP contribution in [-0.4, -0.2) is 126 Å². The molecular weight excluding hydrogens is 865 g/mol.